The van der Waals surface area contributed by atoms with Crippen LogP contribution in [0.5, 0.6) is 0 Å². The first kappa shape index (κ1) is 21.8. The third kappa shape index (κ3) is 4.56. The highest BCUT2D eigenvalue weighted by atomic mass is 16.2. The molecule has 2 aromatic rings. The zero-order valence-corrected chi connectivity index (χ0v) is 19.4. The monoisotopic (exact) mass is 444 g/mol. The van der Waals surface area contributed by atoms with Crippen molar-refractivity contribution >= 4 is 17.6 Å². The molecule has 1 aliphatic carbocycles. The van der Waals surface area contributed by atoms with Gasteiger partial charge in [0, 0.05) is 42.6 Å². The molecule has 3 aliphatic rings. The van der Waals surface area contributed by atoms with Gasteiger partial charge in [-0.1, -0.05) is 42.5 Å². The minimum absolute atomic E-state index is 0.123. The van der Waals surface area contributed by atoms with Crippen LogP contribution in [0.3, 0.4) is 0 Å². The third-order valence-corrected chi connectivity index (χ3v) is 7.33. The molecule has 6 nitrogen and oxygen atoms in total. The number of allylic oxidation sites excluding steroid dienone is 2. The number of anilines is 1. The van der Waals surface area contributed by atoms with Crippen molar-refractivity contribution in [1.29, 1.82) is 0 Å². The number of likely N-dealkylation sites (tertiary alicyclic amines) is 1. The zero-order chi connectivity index (χ0) is 22.8. The van der Waals surface area contributed by atoms with Crippen molar-refractivity contribution in [2.24, 2.45) is 5.92 Å². The van der Waals surface area contributed by atoms with E-state index in [4.69, 9.17) is 9.97 Å². The lowest BCUT2D eigenvalue weighted by Crippen LogP contribution is -2.42. The highest BCUT2D eigenvalue weighted by Gasteiger charge is 2.32. The standard InChI is InChI=1S/C27H32N4O2/c1-19-23-12-13-24(32)31(18-20-8-4-2-5-9-20)26(23)29-25(28-19)21-14-16-30(17-15-21)27(33)22-10-6-3-7-11-22/h2-6,8-9,21-22H,7,10-18H2,1H3/t22-/m1/s1. The van der Waals surface area contributed by atoms with Crippen LogP contribution in [0.2, 0.25) is 0 Å². The lowest BCUT2D eigenvalue weighted by Gasteiger charge is -2.35. The maximum Gasteiger partial charge on any atom is 0.228 e. The second-order valence-electron chi connectivity index (χ2n) is 9.52. The Hall–Kier alpha value is -3.02. The van der Waals surface area contributed by atoms with Crippen LogP contribution in [0.25, 0.3) is 0 Å². The van der Waals surface area contributed by atoms with Crippen LogP contribution in [-0.4, -0.2) is 39.8 Å². The van der Waals surface area contributed by atoms with Gasteiger partial charge in [0.1, 0.15) is 11.6 Å². The van der Waals surface area contributed by atoms with E-state index in [-0.39, 0.29) is 17.7 Å². The first-order valence-corrected chi connectivity index (χ1v) is 12.3. The summed E-state index contributed by atoms with van der Waals surface area (Å²) in [7, 11) is 0. The van der Waals surface area contributed by atoms with Crippen molar-refractivity contribution in [1.82, 2.24) is 14.9 Å². The van der Waals surface area contributed by atoms with Crippen molar-refractivity contribution < 1.29 is 9.59 Å². The van der Waals surface area contributed by atoms with Gasteiger partial charge >= 0.3 is 0 Å². The summed E-state index contributed by atoms with van der Waals surface area (Å²) < 4.78 is 0. The summed E-state index contributed by atoms with van der Waals surface area (Å²) in [6.45, 7) is 4.09. The van der Waals surface area contributed by atoms with Crippen molar-refractivity contribution in [3.05, 3.63) is 65.1 Å². The van der Waals surface area contributed by atoms with E-state index in [2.05, 4.69) is 12.2 Å². The molecule has 33 heavy (non-hydrogen) atoms. The van der Waals surface area contributed by atoms with Crippen LogP contribution in [0.1, 0.15) is 67.1 Å². The highest BCUT2D eigenvalue weighted by Crippen LogP contribution is 2.34. The molecule has 2 amide bonds. The summed E-state index contributed by atoms with van der Waals surface area (Å²) in [5, 5.41) is 0. The average Bonchev–Trinajstić information content (AvgIpc) is 2.86. The lowest BCUT2D eigenvalue weighted by atomic mass is 9.90. The topological polar surface area (TPSA) is 66.4 Å². The summed E-state index contributed by atoms with van der Waals surface area (Å²) in [5.74, 6) is 2.40. The fourth-order valence-electron chi connectivity index (χ4n) is 5.35. The van der Waals surface area contributed by atoms with Gasteiger partial charge in [0.15, 0.2) is 0 Å². The molecule has 1 atom stereocenters. The molecule has 1 aromatic heterocycles. The molecule has 172 valence electrons. The van der Waals surface area contributed by atoms with Gasteiger partial charge < -0.3 is 4.90 Å². The predicted molar refractivity (Wildman–Crippen MR) is 128 cm³/mol. The summed E-state index contributed by atoms with van der Waals surface area (Å²) in [6.07, 6.45) is 10.1. The summed E-state index contributed by atoms with van der Waals surface area (Å²) in [4.78, 5) is 39.5. The van der Waals surface area contributed by atoms with Crippen LogP contribution >= 0.6 is 0 Å². The Bertz CT molecular complexity index is 1060. The number of hydrogen-bond donors (Lipinski definition) is 0. The number of piperidine rings is 1. The van der Waals surface area contributed by atoms with Crippen LogP contribution in [-0.2, 0) is 22.6 Å². The van der Waals surface area contributed by atoms with E-state index in [0.717, 1.165) is 73.7 Å². The summed E-state index contributed by atoms with van der Waals surface area (Å²) in [5.41, 5.74) is 3.17. The fraction of sp³-hybridized carbons (Fsp3) is 0.481. The molecule has 0 N–H and O–H groups in total. The van der Waals surface area contributed by atoms with E-state index in [1.54, 1.807) is 0 Å². The molecular weight excluding hydrogens is 412 g/mol. The van der Waals surface area contributed by atoms with Gasteiger partial charge in [-0.15, -0.1) is 0 Å². The molecule has 0 saturated carbocycles. The largest absolute Gasteiger partial charge is 0.342 e. The Balaban J connectivity index is 1.33. The Morgan fingerprint density at radius 2 is 1.82 bits per heavy atom. The van der Waals surface area contributed by atoms with E-state index in [1.807, 2.05) is 47.1 Å². The minimum atomic E-state index is 0.123. The van der Waals surface area contributed by atoms with Gasteiger partial charge in [-0.2, -0.15) is 0 Å². The van der Waals surface area contributed by atoms with Crippen LogP contribution in [0, 0.1) is 12.8 Å². The molecular formula is C27H32N4O2. The first-order chi connectivity index (χ1) is 16.1. The van der Waals surface area contributed by atoms with Crippen LogP contribution < -0.4 is 4.90 Å². The number of fused-ring (bicyclic) bond motifs is 1. The number of carbonyl (C=O) groups is 2. The van der Waals surface area contributed by atoms with Crippen molar-refractivity contribution in [2.45, 2.75) is 64.3 Å². The van der Waals surface area contributed by atoms with Gasteiger partial charge in [0.25, 0.3) is 0 Å². The number of carbonyl (C=O) groups excluding carboxylic acids is 2. The van der Waals surface area contributed by atoms with Gasteiger partial charge in [-0.05, 0) is 51.0 Å². The van der Waals surface area contributed by atoms with Crippen LogP contribution in [0.4, 0.5) is 5.82 Å². The van der Waals surface area contributed by atoms with Gasteiger partial charge in [0.05, 0.1) is 6.54 Å². The number of nitrogens with zero attached hydrogens (tertiary/aromatic N) is 4. The Morgan fingerprint density at radius 1 is 1.03 bits per heavy atom. The molecule has 0 radical (unpaired) electrons. The zero-order valence-electron chi connectivity index (χ0n) is 19.4. The second-order valence-corrected chi connectivity index (χ2v) is 9.52. The van der Waals surface area contributed by atoms with E-state index in [1.165, 1.54) is 0 Å². The number of amides is 2. The molecule has 6 heteroatoms. The van der Waals surface area contributed by atoms with E-state index in [0.29, 0.717) is 25.3 Å². The molecule has 3 heterocycles. The first-order valence-electron chi connectivity index (χ1n) is 12.3. The molecule has 0 bridgehead atoms. The second kappa shape index (κ2) is 9.46. The van der Waals surface area contributed by atoms with Crippen molar-refractivity contribution in [2.75, 3.05) is 18.0 Å². The third-order valence-electron chi connectivity index (χ3n) is 7.33. The Morgan fingerprint density at radius 3 is 2.55 bits per heavy atom. The molecule has 1 fully saturated rings. The molecule has 1 saturated heterocycles. The summed E-state index contributed by atoms with van der Waals surface area (Å²) >= 11 is 0. The van der Waals surface area contributed by atoms with E-state index >= 15 is 0 Å². The van der Waals surface area contributed by atoms with Gasteiger partial charge in [-0.25, -0.2) is 9.97 Å². The van der Waals surface area contributed by atoms with Crippen molar-refractivity contribution in [3.8, 4) is 0 Å². The van der Waals surface area contributed by atoms with Gasteiger partial charge in [-0.3, -0.25) is 14.5 Å². The predicted octanol–water partition coefficient (Wildman–Crippen LogP) is 4.33. The summed E-state index contributed by atoms with van der Waals surface area (Å²) in [6, 6.07) is 10.1. The van der Waals surface area contributed by atoms with Crippen molar-refractivity contribution in [3.63, 3.8) is 0 Å². The normalized spacial score (nSPS) is 21.2. The maximum atomic E-state index is 12.9. The minimum Gasteiger partial charge on any atom is -0.342 e. The van der Waals surface area contributed by atoms with Crippen LogP contribution in [0.15, 0.2) is 42.5 Å². The SMILES string of the molecule is Cc1nc(C2CCN(C(=O)[C@@H]3CC=CCC3)CC2)nc2c1CCC(=O)N2Cc1ccccc1. The lowest BCUT2D eigenvalue weighted by molar-refractivity contribution is -0.136. The van der Waals surface area contributed by atoms with E-state index in [9.17, 15) is 9.59 Å². The smallest absolute Gasteiger partial charge is 0.228 e. The maximum absolute atomic E-state index is 12.9. The Labute approximate surface area is 195 Å². The number of benzene rings is 1. The molecule has 0 spiro atoms. The number of aryl methyl sites for hydroxylation is 1. The quantitative estimate of drug-likeness (QED) is 0.659. The highest BCUT2D eigenvalue weighted by molar-refractivity contribution is 5.95. The fourth-order valence-corrected chi connectivity index (χ4v) is 5.35. The van der Waals surface area contributed by atoms with E-state index < -0.39 is 0 Å². The molecule has 1 aromatic carbocycles. The average molecular weight is 445 g/mol. The number of rotatable bonds is 4. The number of hydrogen-bond acceptors (Lipinski definition) is 4. The molecule has 0 unspecified atom stereocenters. The Kier molecular flexibility index (Phi) is 6.25. The molecule has 5 rings (SSSR count). The van der Waals surface area contributed by atoms with Gasteiger partial charge in [0.2, 0.25) is 11.8 Å². The number of aromatic nitrogens is 2. The molecule has 2 aliphatic heterocycles.